The molecule has 0 saturated heterocycles. The Morgan fingerprint density at radius 3 is 2.48 bits per heavy atom. The summed E-state index contributed by atoms with van der Waals surface area (Å²) in [5, 5.41) is 2.90. The zero-order valence-corrected chi connectivity index (χ0v) is 13.3. The van der Waals surface area contributed by atoms with Crippen molar-refractivity contribution in [3.63, 3.8) is 0 Å². The summed E-state index contributed by atoms with van der Waals surface area (Å²) in [6.07, 6.45) is 0.546. The number of hydrogen-bond acceptors (Lipinski definition) is 2. The van der Waals surface area contributed by atoms with Gasteiger partial charge in [-0.05, 0) is 29.5 Å². The number of nitrogens with two attached hydrogens (primary N) is 1. The van der Waals surface area contributed by atoms with Gasteiger partial charge in [0.1, 0.15) is 5.82 Å². The van der Waals surface area contributed by atoms with E-state index in [1.165, 1.54) is 11.6 Å². The quantitative estimate of drug-likeness (QED) is 0.825. The zero-order valence-electron chi connectivity index (χ0n) is 13.3. The molecule has 2 rings (SSSR count). The number of carbonyl (C=O) groups is 1. The molecule has 0 spiro atoms. The number of halogens is 1. The molecule has 0 radical (unpaired) electrons. The van der Waals surface area contributed by atoms with Crippen LogP contribution in [0.4, 0.5) is 4.39 Å². The fourth-order valence-electron chi connectivity index (χ4n) is 2.50. The Balaban J connectivity index is 1.77. The maximum atomic E-state index is 13.6. The standard InChI is InChI=1S/C19H23FN2O/c1-14(15-7-3-2-4-8-15)13-22-19(23)12-17(21)11-16-9-5-6-10-18(16)20/h2-10,14,17H,11-13,21H2,1H3,(H,22,23)/t14-,17-/m1/s1. The molecule has 1 amide bonds. The van der Waals surface area contributed by atoms with Crippen molar-refractivity contribution >= 4 is 5.91 Å². The maximum absolute atomic E-state index is 13.6. The highest BCUT2D eigenvalue weighted by molar-refractivity contribution is 5.76. The third-order valence-corrected chi connectivity index (χ3v) is 3.86. The number of benzene rings is 2. The second kappa shape index (κ2) is 8.44. The monoisotopic (exact) mass is 314 g/mol. The van der Waals surface area contributed by atoms with E-state index in [0.717, 1.165) is 0 Å². The molecule has 0 unspecified atom stereocenters. The molecule has 23 heavy (non-hydrogen) atoms. The molecule has 0 aliphatic rings. The van der Waals surface area contributed by atoms with Crippen LogP contribution < -0.4 is 11.1 Å². The Morgan fingerprint density at radius 1 is 1.13 bits per heavy atom. The summed E-state index contributed by atoms with van der Waals surface area (Å²) in [5.74, 6) is -0.138. The van der Waals surface area contributed by atoms with Crippen molar-refractivity contribution in [1.82, 2.24) is 5.32 Å². The van der Waals surface area contributed by atoms with Gasteiger partial charge in [-0.2, -0.15) is 0 Å². The van der Waals surface area contributed by atoms with Crippen LogP contribution in [-0.2, 0) is 11.2 Å². The van der Waals surface area contributed by atoms with Gasteiger partial charge in [0.25, 0.3) is 0 Å². The highest BCUT2D eigenvalue weighted by atomic mass is 19.1. The largest absolute Gasteiger partial charge is 0.355 e. The van der Waals surface area contributed by atoms with Crippen LogP contribution in [0, 0.1) is 5.82 Å². The van der Waals surface area contributed by atoms with Gasteiger partial charge >= 0.3 is 0 Å². The highest BCUT2D eigenvalue weighted by Crippen LogP contribution is 2.13. The van der Waals surface area contributed by atoms with Gasteiger partial charge in [-0.3, -0.25) is 4.79 Å². The van der Waals surface area contributed by atoms with Crippen LogP contribution in [-0.4, -0.2) is 18.5 Å². The Morgan fingerprint density at radius 2 is 1.78 bits per heavy atom. The lowest BCUT2D eigenvalue weighted by molar-refractivity contribution is -0.121. The minimum atomic E-state index is -0.390. The number of amides is 1. The highest BCUT2D eigenvalue weighted by Gasteiger charge is 2.13. The molecule has 0 aromatic heterocycles. The molecular weight excluding hydrogens is 291 g/mol. The number of nitrogens with one attached hydrogen (secondary N) is 1. The molecule has 3 nitrogen and oxygen atoms in total. The van der Waals surface area contributed by atoms with E-state index in [0.29, 0.717) is 18.5 Å². The van der Waals surface area contributed by atoms with Gasteiger partial charge in [0.2, 0.25) is 5.91 Å². The molecule has 0 heterocycles. The van der Waals surface area contributed by atoms with E-state index in [1.54, 1.807) is 18.2 Å². The summed E-state index contributed by atoms with van der Waals surface area (Å²) in [4.78, 5) is 12.0. The predicted octanol–water partition coefficient (Wildman–Crippen LogP) is 3.01. The molecule has 4 heteroatoms. The van der Waals surface area contributed by atoms with E-state index >= 15 is 0 Å². The first-order valence-corrected chi connectivity index (χ1v) is 7.87. The lowest BCUT2D eigenvalue weighted by Gasteiger charge is -2.15. The fourth-order valence-corrected chi connectivity index (χ4v) is 2.50. The van der Waals surface area contributed by atoms with Crippen molar-refractivity contribution in [3.8, 4) is 0 Å². The minimum Gasteiger partial charge on any atom is -0.355 e. The van der Waals surface area contributed by atoms with E-state index in [1.807, 2.05) is 30.3 Å². The number of hydrogen-bond donors (Lipinski definition) is 2. The summed E-state index contributed by atoms with van der Waals surface area (Å²) in [5.41, 5.74) is 7.70. The molecule has 0 fully saturated rings. The molecule has 0 saturated carbocycles. The van der Waals surface area contributed by atoms with E-state index in [4.69, 9.17) is 5.73 Å². The van der Waals surface area contributed by atoms with Crippen LogP contribution in [0.2, 0.25) is 0 Å². The molecule has 122 valence electrons. The first-order valence-electron chi connectivity index (χ1n) is 7.87. The summed E-state index contributed by atoms with van der Waals surface area (Å²) < 4.78 is 13.6. The number of carbonyl (C=O) groups excluding carboxylic acids is 1. The van der Waals surface area contributed by atoms with Gasteiger partial charge < -0.3 is 11.1 Å². The Kier molecular flexibility index (Phi) is 6.29. The lowest BCUT2D eigenvalue weighted by atomic mass is 10.0. The molecule has 2 atom stereocenters. The maximum Gasteiger partial charge on any atom is 0.221 e. The van der Waals surface area contributed by atoms with Crippen LogP contribution >= 0.6 is 0 Å². The average molecular weight is 314 g/mol. The molecule has 2 aromatic rings. The van der Waals surface area contributed by atoms with Crippen molar-refractivity contribution in [3.05, 3.63) is 71.5 Å². The Labute approximate surface area is 136 Å². The van der Waals surface area contributed by atoms with E-state index in [-0.39, 0.29) is 30.1 Å². The third-order valence-electron chi connectivity index (χ3n) is 3.86. The third kappa shape index (κ3) is 5.49. The molecule has 0 aliphatic carbocycles. The van der Waals surface area contributed by atoms with Gasteiger partial charge in [0.15, 0.2) is 0 Å². The topological polar surface area (TPSA) is 55.1 Å². The molecule has 2 aromatic carbocycles. The van der Waals surface area contributed by atoms with Crippen LogP contribution in [0.25, 0.3) is 0 Å². The minimum absolute atomic E-state index is 0.100. The fraction of sp³-hybridized carbons (Fsp3) is 0.316. The summed E-state index contributed by atoms with van der Waals surface area (Å²) >= 11 is 0. The molecule has 0 aliphatic heterocycles. The summed E-state index contributed by atoms with van der Waals surface area (Å²) in [6.45, 7) is 2.63. The van der Waals surface area contributed by atoms with Crippen molar-refractivity contribution in [2.24, 2.45) is 5.73 Å². The predicted molar refractivity (Wildman–Crippen MR) is 90.6 cm³/mol. The van der Waals surface area contributed by atoms with Gasteiger partial charge in [0.05, 0.1) is 0 Å². The van der Waals surface area contributed by atoms with Crippen molar-refractivity contribution in [1.29, 1.82) is 0 Å². The summed E-state index contributed by atoms with van der Waals surface area (Å²) in [6, 6.07) is 16.1. The van der Waals surface area contributed by atoms with Crippen LogP contribution in [0.5, 0.6) is 0 Å². The van der Waals surface area contributed by atoms with Gasteiger partial charge in [-0.25, -0.2) is 4.39 Å². The lowest BCUT2D eigenvalue weighted by Crippen LogP contribution is -2.34. The van der Waals surface area contributed by atoms with Crippen molar-refractivity contribution < 1.29 is 9.18 Å². The Bertz CT molecular complexity index is 630. The second-order valence-corrected chi connectivity index (χ2v) is 5.88. The smallest absolute Gasteiger partial charge is 0.221 e. The van der Waals surface area contributed by atoms with E-state index in [9.17, 15) is 9.18 Å². The first kappa shape index (κ1) is 17.2. The normalized spacial score (nSPS) is 13.3. The zero-order chi connectivity index (χ0) is 16.7. The first-order chi connectivity index (χ1) is 11.1. The van der Waals surface area contributed by atoms with Crippen LogP contribution in [0.1, 0.15) is 30.4 Å². The Hall–Kier alpha value is -2.20. The average Bonchev–Trinajstić information content (AvgIpc) is 2.55. The van der Waals surface area contributed by atoms with E-state index in [2.05, 4.69) is 12.2 Å². The molecule has 3 N–H and O–H groups in total. The van der Waals surface area contributed by atoms with Gasteiger partial charge in [0, 0.05) is 19.0 Å². The molecule has 0 bridgehead atoms. The van der Waals surface area contributed by atoms with E-state index < -0.39 is 0 Å². The SMILES string of the molecule is C[C@H](CNC(=O)C[C@H](N)Cc1ccccc1F)c1ccccc1. The summed E-state index contributed by atoms with van der Waals surface area (Å²) in [7, 11) is 0. The number of rotatable bonds is 7. The van der Waals surface area contributed by atoms with Crippen LogP contribution in [0.3, 0.4) is 0 Å². The van der Waals surface area contributed by atoms with Crippen LogP contribution in [0.15, 0.2) is 54.6 Å². The second-order valence-electron chi connectivity index (χ2n) is 5.88. The molecular formula is C19H23FN2O. The van der Waals surface area contributed by atoms with Crippen molar-refractivity contribution in [2.75, 3.05) is 6.54 Å². The van der Waals surface area contributed by atoms with Gasteiger partial charge in [-0.1, -0.05) is 55.5 Å². The van der Waals surface area contributed by atoms with Gasteiger partial charge in [-0.15, -0.1) is 0 Å². The van der Waals surface area contributed by atoms with Crippen molar-refractivity contribution in [2.45, 2.75) is 31.7 Å².